The molecule has 0 aromatic heterocycles. The van der Waals surface area contributed by atoms with Gasteiger partial charge in [0.15, 0.2) is 0 Å². The van der Waals surface area contributed by atoms with Crippen molar-refractivity contribution in [2.45, 2.75) is 194 Å². The van der Waals surface area contributed by atoms with Crippen molar-refractivity contribution >= 4 is 11.9 Å². The van der Waals surface area contributed by atoms with Gasteiger partial charge in [0, 0.05) is 12.8 Å². The van der Waals surface area contributed by atoms with Crippen LogP contribution in [0.3, 0.4) is 0 Å². The quantitative estimate of drug-likeness (QED) is 0.0927. The normalized spacial score (nSPS) is 21.1. The Bertz CT molecular complexity index is 604. The molecule has 1 fully saturated rings. The van der Waals surface area contributed by atoms with Crippen LogP contribution in [0.2, 0.25) is 0 Å². The van der Waals surface area contributed by atoms with Gasteiger partial charge in [-0.05, 0) is 49.4 Å². The van der Waals surface area contributed by atoms with E-state index in [-0.39, 0.29) is 0 Å². The molecule has 1 aliphatic rings. The van der Waals surface area contributed by atoms with E-state index in [9.17, 15) is 9.59 Å². The van der Waals surface area contributed by atoms with Gasteiger partial charge in [-0.3, -0.25) is 9.59 Å². The highest BCUT2D eigenvalue weighted by Gasteiger charge is 2.35. The number of aliphatic carboxylic acids is 2. The summed E-state index contributed by atoms with van der Waals surface area (Å²) in [5.41, 5.74) is 0. The average Bonchev–Trinajstić information content (AvgIpc) is 2.92. The van der Waals surface area contributed by atoms with Crippen LogP contribution in [0.25, 0.3) is 0 Å². The lowest BCUT2D eigenvalue weighted by Gasteiger charge is -2.42. The van der Waals surface area contributed by atoms with Crippen molar-refractivity contribution in [3.05, 3.63) is 0 Å². The van der Waals surface area contributed by atoms with E-state index >= 15 is 0 Å². The number of unbranched alkanes of at least 4 members (excludes halogenated alkanes) is 16. The molecule has 236 valence electrons. The summed E-state index contributed by atoms with van der Waals surface area (Å²) in [6, 6.07) is 0. The van der Waals surface area contributed by atoms with E-state index in [2.05, 4.69) is 13.8 Å². The molecule has 4 nitrogen and oxygen atoms in total. The highest BCUT2D eigenvalue weighted by molar-refractivity contribution is 5.66. The fraction of sp³-hybridized carbons (Fsp3) is 0.944. The maximum absolute atomic E-state index is 10.8. The third-order valence-corrected chi connectivity index (χ3v) is 9.83. The Balaban J connectivity index is 2.64. The fourth-order valence-corrected chi connectivity index (χ4v) is 7.41. The van der Waals surface area contributed by atoms with Gasteiger partial charge in [0.05, 0.1) is 0 Å². The number of carboxylic acids is 2. The van der Waals surface area contributed by atoms with E-state index in [0.717, 1.165) is 49.4 Å². The van der Waals surface area contributed by atoms with Gasteiger partial charge in [-0.25, -0.2) is 0 Å². The molecule has 0 aliphatic heterocycles. The topological polar surface area (TPSA) is 74.6 Å². The minimum Gasteiger partial charge on any atom is -0.481 e. The van der Waals surface area contributed by atoms with Crippen LogP contribution in [0.15, 0.2) is 0 Å². The lowest BCUT2D eigenvalue weighted by molar-refractivity contribution is -0.138. The summed E-state index contributed by atoms with van der Waals surface area (Å²) in [5.74, 6) is 2.30. The zero-order valence-electron chi connectivity index (χ0n) is 26.8. The zero-order chi connectivity index (χ0) is 29.3. The lowest BCUT2D eigenvalue weighted by Crippen LogP contribution is -2.32. The molecule has 1 rings (SSSR count). The molecule has 4 heteroatoms. The van der Waals surface area contributed by atoms with E-state index < -0.39 is 11.9 Å². The summed E-state index contributed by atoms with van der Waals surface area (Å²) >= 11 is 0. The smallest absolute Gasteiger partial charge is 0.303 e. The lowest BCUT2D eigenvalue weighted by atomic mass is 9.63. The van der Waals surface area contributed by atoms with Gasteiger partial charge in [0.25, 0.3) is 0 Å². The van der Waals surface area contributed by atoms with E-state index in [4.69, 9.17) is 10.2 Å². The zero-order valence-corrected chi connectivity index (χ0v) is 26.8. The molecule has 1 saturated carbocycles. The van der Waals surface area contributed by atoms with Crippen LogP contribution in [0.4, 0.5) is 0 Å². The van der Waals surface area contributed by atoms with Crippen molar-refractivity contribution in [2.75, 3.05) is 0 Å². The van der Waals surface area contributed by atoms with Crippen molar-refractivity contribution in [3.8, 4) is 0 Å². The van der Waals surface area contributed by atoms with Gasteiger partial charge >= 0.3 is 11.9 Å². The van der Waals surface area contributed by atoms with E-state index in [0.29, 0.717) is 12.8 Å². The molecular formula is C36H68O4. The van der Waals surface area contributed by atoms with E-state index in [1.807, 2.05) is 0 Å². The number of hydrogen-bond donors (Lipinski definition) is 2. The fourth-order valence-electron chi connectivity index (χ4n) is 7.41. The van der Waals surface area contributed by atoms with Crippen LogP contribution in [-0.2, 0) is 9.59 Å². The second kappa shape index (κ2) is 25.6. The van der Waals surface area contributed by atoms with Gasteiger partial charge in [0.1, 0.15) is 0 Å². The average molecular weight is 565 g/mol. The van der Waals surface area contributed by atoms with Gasteiger partial charge in [0.2, 0.25) is 0 Å². The van der Waals surface area contributed by atoms with Crippen LogP contribution in [0, 0.1) is 23.7 Å². The molecule has 0 saturated heterocycles. The van der Waals surface area contributed by atoms with Crippen LogP contribution in [0.5, 0.6) is 0 Å². The first-order valence-corrected chi connectivity index (χ1v) is 17.9. The van der Waals surface area contributed by atoms with Crippen molar-refractivity contribution in [1.82, 2.24) is 0 Å². The molecule has 4 atom stereocenters. The van der Waals surface area contributed by atoms with Gasteiger partial charge in [-0.1, -0.05) is 155 Å². The number of rotatable bonds is 28. The van der Waals surface area contributed by atoms with Gasteiger partial charge in [-0.2, -0.15) is 0 Å². The maximum Gasteiger partial charge on any atom is 0.303 e. The third-order valence-electron chi connectivity index (χ3n) is 9.83. The predicted octanol–water partition coefficient (Wildman–Crippen LogP) is 11.6. The Morgan fingerprint density at radius 1 is 0.425 bits per heavy atom. The molecule has 0 bridgehead atoms. The van der Waals surface area contributed by atoms with Crippen LogP contribution < -0.4 is 0 Å². The van der Waals surface area contributed by atoms with Crippen LogP contribution >= 0.6 is 0 Å². The van der Waals surface area contributed by atoms with Gasteiger partial charge in [-0.15, -0.1) is 0 Å². The highest BCUT2D eigenvalue weighted by Crippen LogP contribution is 2.46. The number of carbonyl (C=O) groups is 2. The van der Waals surface area contributed by atoms with Crippen molar-refractivity contribution in [1.29, 1.82) is 0 Å². The largest absolute Gasteiger partial charge is 0.481 e. The summed E-state index contributed by atoms with van der Waals surface area (Å²) in [6.07, 6.45) is 34.4. The number of hydrogen-bond acceptors (Lipinski definition) is 2. The summed E-state index contributed by atoms with van der Waals surface area (Å²) in [5, 5.41) is 17.8. The Morgan fingerprint density at radius 3 is 0.975 bits per heavy atom. The molecule has 0 amide bonds. The second-order valence-electron chi connectivity index (χ2n) is 13.3. The Hall–Kier alpha value is -1.06. The first-order valence-electron chi connectivity index (χ1n) is 17.9. The summed E-state index contributed by atoms with van der Waals surface area (Å²) in [6.45, 7) is 4.62. The number of carboxylic acid groups (broad SMARTS) is 2. The van der Waals surface area contributed by atoms with Crippen LogP contribution in [-0.4, -0.2) is 22.2 Å². The molecule has 4 unspecified atom stereocenters. The molecule has 0 spiro atoms. The standard InChI is InChI=1S/C36H68O4/c1-3-5-7-9-12-18-24-32-30-34(26-20-14-11-16-22-28-36(39)40)33(29-31(32)23-17-8-6-4-2)25-19-13-10-15-21-27-35(37)38/h31-34H,3-30H2,1-2H3,(H,37,38)(H,39,40). The first kappa shape index (κ1) is 37.0. The first-order chi connectivity index (χ1) is 19.5. The molecule has 0 aromatic carbocycles. The van der Waals surface area contributed by atoms with Crippen molar-refractivity contribution in [2.24, 2.45) is 23.7 Å². The third kappa shape index (κ3) is 19.9. The Kier molecular flexibility index (Phi) is 23.7. The second-order valence-corrected chi connectivity index (χ2v) is 13.3. The minimum absolute atomic E-state index is 0.320. The molecule has 2 N–H and O–H groups in total. The maximum atomic E-state index is 10.8. The van der Waals surface area contributed by atoms with Crippen LogP contribution in [0.1, 0.15) is 194 Å². The minimum atomic E-state index is -0.660. The summed E-state index contributed by atoms with van der Waals surface area (Å²) < 4.78 is 0. The SMILES string of the molecule is CCCCCCCCC1CC(CCCCCCCC(=O)O)C(CCCCCCCC(=O)O)CC1CCCCCC. The molecule has 40 heavy (non-hydrogen) atoms. The highest BCUT2D eigenvalue weighted by atomic mass is 16.4. The summed E-state index contributed by atoms with van der Waals surface area (Å²) in [7, 11) is 0. The molecule has 0 radical (unpaired) electrons. The Morgan fingerprint density at radius 2 is 0.675 bits per heavy atom. The summed E-state index contributed by atoms with van der Waals surface area (Å²) in [4.78, 5) is 21.6. The molecule has 1 aliphatic carbocycles. The van der Waals surface area contributed by atoms with E-state index in [1.54, 1.807) is 0 Å². The van der Waals surface area contributed by atoms with Crippen molar-refractivity contribution < 1.29 is 19.8 Å². The monoisotopic (exact) mass is 565 g/mol. The molecule has 0 aromatic rings. The Labute approximate surface area is 248 Å². The predicted molar refractivity (Wildman–Crippen MR) is 170 cm³/mol. The van der Waals surface area contributed by atoms with Crippen molar-refractivity contribution in [3.63, 3.8) is 0 Å². The molecule has 0 heterocycles. The van der Waals surface area contributed by atoms with E-state index in [1.165, 1.54) is 141 Å². The molecular weight excluding hydrogens is 496 g/mol. The van der Waals surface area contributed by atoms with Gasteiger partial charge < -0.3 is 10.2 Å².